The first kappa shape index (κ1) is 21.9. The molecular formula is C19H28ClN3O3S. The van der Waals surface area contributed by atoms with E-state index in [0.29, 0.717) is 24.8 Å². The summed E-state index contributed by atoms with van der Waals surface area (Å²) < 4.78 is 0. The minimum Gasteiger partial charge on any atom is -0.508 e. The van der Waals surface area contributed by atoms with Gasteiger partial charge in [-0.25, -0.2) is 0 Å². The van der Waals surface area contributed by atoms with Crippen LogP contribution in [0.2, 0.25) is 0 Å². The average Bonchev–Trinajstić information content (AvgIpc) is 3.20. The summed E-state index contributed by atoms with van der Waals surface area (Å²) in [6, 6.07) is 6.85. The summed E-state index contributed by atoms with van der Waals surface area (Å²) in [6.07, 6.45) is 4.00. The van der Waals surface area contributed by atoms with Gasteiger partial charge in [-0.3, -0.25) is 9.59 Å². The van der Waals surface area contributed by atoms with Crippen molar-refractivity contribution in [3.63, 3.8) is 0 Å². The lowest BCUT2D eigenvalue weighted by Gasteiger charge is -2.33. The number of benzene rings is 1. The molecule has 3 rings (SSSR count). The number of amides is 2. The zero-order valence-electron chi connectivity index (χ0n) is 15.4. The quantitative estimate of drug-likeness (QED) is 0.621. The molecular weight excluding hydrogens is 386 g/mol. The summed E-state index contributed by atoms with van der Waals surface area (Å²) in [5.74, 6) is 1.19. The smallest absolute Gasteiger partial charge is 0.237 e. The number of hydrogen-bond acceptors (Lipinski definition) is 5. The fraction of sp³-hybridized carbons (Fsp3) is 0.579. The Balaban J connectivity index is 0.00000261. The van der Waals surface area contributed by atoms with Crippen LogP contribution in [0.15, 0.2) is 29.2 Å². The average molecular weight is 414 g/mol. The number of nitrogens with zero attached hydrogens (tertiary/aromatic N) is 1. The highest BCUT2D eigenvalue weighted by Gasteiger charge is 2.26. The van der Waals surface area contributed by atoms with Crippen LogP contribution in [0.4, 0.5) is 0 Å². The van der Waals surface area contributed by atoms with Gasteiger partial charge in [0.15, 0.2) is 0 Å². The van der Waals surface area contributed by atoms with Gasteiger partial charge in [-0.05, 0) is 62.4 Å². The van der Waals surface area contributed by atoms with E-state index in [1.54, 1.807) is 12.1 Å². The van der Waals surface area contributed by atoms with Crippen molar-refractivity contribution in [2.45, 2.75) is 36.6 Å². The molecule has 2 saturated heterocycles. The molecule has 8 heteroatoms. The van der Waals surface area contributed by atoms with Crippen molar-refractivity contribution < 1.29 is 14.7 Å². The highest BCUT2D eigenvalue weighted by molar-refractivity contribution is 8.00. The minimum absolute atomic E-state index is 0. The van der Waals surface area contributed by atoms with Gasteiger partial charge in [0.2, 0.25) is 11.8 Å². The van der Waals surface area contributed by atoms with Crippen LogP contribution in [0.5, 0.6) is 5.75 Å². The highest BCUT2D eigenvalue weighted by Crippen LogP contribution is 2.22. The molecule has 3 N–H and O–H groups in total. The zero-order chi connectivity index (χ0) is 18.4. The van der Waals surface area contributed by atoms with Gasteiger partial charge in [-0.2, -0.15) is 0 Å². The van der Waals surface area contributed by atoms with Crippen molar-refractivity contribution in [2.24, 2.45) is 5.92 Å². The number of carbonyl (C=O) groups is 2. The summed E-state index contributed by atoms with van der Waals surface area (Å²) in [5.41, 5.74) is 0. The number of piperidine rings is 1. The molecule has 27 heavy (non-hydrogen) atoms. The largest absolute Gasteiger partial charge is 0.508 e. The molecule has 1 aromatic rings. The standard InChI is InChI=1S/C19H27N3O3S.ClH/c23-15-5-7-16(8-6-15)26-13-18(24)22-10-2-3-14(12-22)11-21-19(25)17-4-1-9-20-17;/h5-8,14,17,20,23H,1-4,9-13H2,(H,21,25);1H. The van der Waals surface area contributed by atoms with Gasteiger partial charge < -0.3 is 20.6 Å². The number of aromatic hydroxyl groups is 1. The lowest BCUT2D eigenvalue weighted by molar-refractivity contribution is -0.130. The number of likely N-dealkylation sites (tertiary alicyclic amines) is 1. The van der Waals surface area contributed by atoms with E-state index in [9.17, 15) is 14.7 Å². The van der Waals surface area contributed by atoms with E-state index >= 15 is 0 Å². The molecule has 2 atom stereocenters. The van der Waals surface area contributed by atoms with E-state index in [2.05, 4.69) is 10.6 Å². The third-order valence-corrected chi connectivity index (χ3v) is 6.01. The molecule has 2 heterocycles. The fourth-order valence-electron chi connectivity index (χ4n) is 3.51. The summed E-state index contributed by atoms with van der Waals surface area (Å²) in [5, 5.41) is 15.6. The van der Waals surface area contributed by atoms with Gasteiger partial charge in [0.05, 0.1) is 11.8 Å². The van der Waals surface area contributed by atoms with Gasteiger partial charge in [-0.15, -0.1) is 24.2 Å². The summed E-state index contributed by atoms with van der Waals surface area (Å²) in [6.45, 7) is 3.07. The van der Waals surface area contributed by atoms with Crippen LogP contribution >= 0.6 is 24.2 Å². The lowest BCUT2D eigenvalue weighted by atomic mass is 9.98. The first-order valence-electron chi connectivity index (χ1n) is 9.32. The second kappa shape index (κ2) is 10.8. The van der Waals surface area contributed by atoms with Crippen molar-refractivity contribution in [3.8, 4) is 5.75 Å². The zero-order valence-corrected chi connectivity index (χ0v) is 17.0. The van der Waals surface area contributed by atoms with E-state index in [1.165, 1.54) is 11.8 Å². The third-order valence-electron chi connectivity index (χ3n) is 5.01. The summed E-state index contributed by atoms with van der Waals surface area (Å²) >= 11 is 1.49. The molecule has 2 aliphatic heterocycles. The van der Waals surface area contributed by atoms with E-state index in [-0.39, 0.29) is 36.0 Å². The topological polar surface area (TPSA) is 81.7 Å². The van der Waals surface area contributed by atoms with E-state index in [4.69, 9.17) is 0 Å². The number of thioether (sulfide) groups is 1. The number of rotatable bonds is 6. The maximum Gasteiger partial charge on any atom is 0.237 e. The van der Waals surface area contributed by atoms with Crippen molar-refractivity contribution in [1.29, 1.82) is 0 Å². The van der Waals surface area contributed by atoms with Crippen LogP contribution < -0.4 is 10.6 Å². The maximum atomic E-state index is 12.5. The number of nitrogens with one attached hydrogen (secondary N) is 2. The molecule has 0 spiro atoms. The Morgan fingerprint density at radius 2 is 2.00 bits per heavy atom. The molecule has 150 valence electrons. The van der Waals surface area contributed by atoms with Crippen LogP contribution in [-0.4, -0.2) is 59.8 Å². The SMILES string of the molecule is Cl.O=C(NCC1CCCN(C(=O)CSc2ccc(O)cc2)C1)C1CCCN1. The Bertz CT molecular complexity index is 623. The molecule has 6 nitrogen and oxygen atoms in total. The predicted octanol–water partition coefficient (Wildman–Crippen LogP) is 2.01. The number of phenolic OH excluding ortho intramolecular Hbond substituents is 1. The minimum atomic E-state index is -0.0435. The molecule has 0 aromatic heterocycles. The summed E-state index contributed by atoms with van der Waals surface area (Å²) in [7, 11) is 0. The molecule has 2 amide bonds. The normalized spacial score (nSPS) is 22.1. The Morgan fingerprint density at radius 1 is 1.22 bits per heavy atom. The molecule has 2 fully saturated rings. The molecule has 0 aliphatic carbocycles. The fourth-order valence-corrected chi connectivity index (χ4v) is 4.31. The van der Waals surface area contributed by atoms with Crippen LogP contribution in [0.3, 0.4) is 0 Å². The number of hydrogen-bond donors (Lipinski definition) is 3. The van der Waals surface area contributed by atoms with E-state index < -0.39 is 0 Å². The van der Waals surface area contributed by atoms with E-state index in [1.807, 2.05) is 17.0 Å². The Hall–Kier alpha value is -1.44. The Labute approximate surface area is 170 Å². The first-order chi connectivity index (χ1) is 12.6. The van der Waals surface area contributed by atoms with Crippen LogP contribution in [-0.2, 0) is 9.59 Å². The van der Waals surface area contributed by atoms with Crippen molar-refractivity contribution >= 4 is 36.0 Å². The van der Waals surface area contributed by atoms with Gasteiger partial charge in [0.1, 0.15) is 5.75 Å². The number of phenols is 1. The molecule has 0 radical (unpaired) electrons. The molecule has 2 aliphatic rings. The van der Waals surface area contributed by atoms with Crippen molar-refractivity contribution in [1.82, 2.24) is 15.5 Å². The number of halogens is 1. The number of carbonyl (C=O) groups excluding carboxylic acids is 2. The van der Waals surface area contributed by atoms with Gasteiger partial charge in [0.25, 0.3) is 0 Å². The highest BCUT2D eigenvalue weighted by atomic mass is 35.5. The van der Waals surface area contributed by atoms with Crippen LogP contribution in [0.25, 0.3) is 0 Å². The summed E-state index contributed by atoms with van der Waals surface area (Å²) in [4.78, 5) is 27.5. The second-order valence-electron chi connectivity index (χ2n) is 7.02. The van der Waals surface area contributed by atoms with Crippen molar-refractivity contribution in [2.75, 3.05) is 31.9 Å². The van der Waals surface area contributed by atoms with E-state index in [0.717, 1.165) is 43.7 Å². The Kier molecular flexibility index (Phi) is 8.73. The van der Waals surface area contributed by atoms with Gasteiger partial charge in [0, 0.05) is 24.5 Å². The van der Waals surface area contributed by atoms with Crippen LogP contribution in [0, 0.1) is 5.92 Å². The molecule has 0 saturated carbocycles. The lowest BCUT2D eigenvalue weighted by Crippen LogP contribution is -2.47. The molecule has 2 unspecified atom stereocenters. The van der Waals surface area contributed by atoms with Crippen LogP contribution in [0.1, 0.15) is 25.7 Å². The predicted molar refractivity (Wildman–Crippen MR) is 109 cm³/mol. The van der Waals surface area contributed by atoms with Crippen molar-refractivity contribution in [3.05, 3.63) is 24.3 Å². The second-order valence-corrected chi connectivity index (χ2v) is 8.07. The Morgan fingerprint density at radius 3 is 2.70 bits per heavy atom. The third kappa shape index (κ3) is 6.59. The van der Waals surface area contributed by atoms with Gasteiger partial charge >= 0.3 is 0 Å². The first-order valence-corrected chi connectivity index (χ1v) is 10.3. The molecule has 0 bridgehead atoms. The maximum absolute atomic E-state index is 12.5. The van der Waals surface area contributed by atoms with Gasteiger partial charge in [-0.1, -0.05) is 0 Å². The monoisotopic (exact) mass is 413 g/mol. The molecule has 1 aromatic carbocycles.